The smallest absolute Gasteiger partial charge is 0.243 e. The minimum atomic E-state index is -3.51. The third-order valence-corrected chi connectivity index (χ3v) is 7.51. The number of anilines is 1. The topological polar surface area (TPSA) is 86.8 Å². The Labute approximate surface area is 216 Å². The quantitative estimate of drug-likeness (QED) is 0.406. The summed E-state index contributed by atoms with van der Waals surface area (Å²) in [6, 6.07) is 16.6. The van der Waals surface area contributed by atoms with Crippen molar-refractivity contribution >= 4 is 27.5 Å². The van der Waals surface area contributed by atoms with Gasteiger partial charge in [0, 0.05) is 25.6 Å². The van der Waals surface area contributed by atoms with Crippen molar-refractivity contribution in [2.24, 2.45) is 0 Å². The molecule has 2 amide bonds. The number of sulfonamides is 1. The lowest BCUT2D eigenvalue weighted by atomic mass is 10.1. The average Bonchev–Trinajstić information content (AvgIpc) is 2.83. The van der Waals surface area contributed by atoms with Crippen LogP contribution in [0.3, 0.4) is 0 Å². The third-order valence-electron chi connectivity index (χ3n) is 6.31. The maximum Gasteiger partial charge on any atom is 0.243 e. The normalized spacial score (nSPS) is 13.0. The van der Waals surface area contributed by atoms with Gasteiger partial charge in [-0.25, -0.2) is 8.42 Å². The highest BCUT2D eigenvalue weighted by Crippen LogP contribution is 2.20. The van der Waals surface area contributed by atoms with Gasteiger partial charge in [-0.15, -0.1) is 0 Å². The number of rotatable bonds is 14. The van der Waals surface area contributed by atoms with Gasteiger partial charge >= 0.3 is 0 Å². The molecule has 0 aliphatic heterocycles. The van der Waals surface area contributed by atoms with E-state index in [1.165, 1.54) is 10.6 Å². The van der Waals surface area contributed by atoms with Crippen molar-refractivity contribution in [1.29, 1.82) is 0 Å². The molecule has 0 aromatic heterocycles. The summed E-state index contributed by atoms with van der Waals surface area (Å²) in [6.45, 7) is 8.39. The van der Waals surface area contributed by atoms with Gasteiger partial charge in [0.05, 0.1) is 11.9 Å². The van der Waals surface area contributed by atoms with E-state index in [4.69, 9.17) is 0 Å². The SMILES string of the molecule is CC[C@@H](C)NC(=O)[C@H](CC)N(CCc1ccccc1)C(=O)CCCN(c1cccc(C)c1)S(C)(=O)=O. The molecule has 8 heteroatoms. The second kappa shape index (κ2) is 14.0. The van der Waals surface area contributed by atoms with Crippen LogP contribution in [0.2, 0.25) is 0 Å². The van der Waals surface area contributed by atoms with Crippen LogP contribution in [0.25, 0.3) is 0 Å². The zero-order valence-electron chi connectivity index (χ0n) is 22.2. The van der Waals surface area contributed by atoms with Crippen molar-refractivity contribution in [1.82, 2.24) is 10.2 Å². The van der Waals surface area contributed by atoms with Gasteiger partial charge in [-0.1, -0.05) is 56.3 Å². The first-order valence-electron chi connectivity index (χ1n) is 12.7. The molecule has 0 saturated heterocycles. The lowest BCUT2D eigenvalue weighted by Crippen LogP contribution is -2.51. The van der Waals surface area contributed by atoms with Crippen molar-refractivity contribution in [3.63, 3.8) is 0 Å². The fourth-order valence-electron chi connectivity index (χ4n) is 4.12. The molecule has 0 radical (unpaired) electrons. The lowest BCUT2D eigenvalue weighted by Gasteiger charge is -2.32. The van der Waals surface area contributed by atoms with Crippen LogP contribution in [0.1, 0.15) is 57.6 Å². The van der Waals surface area contributed by atoms with Crippen molar-refractivity contribution in [3.8, 4) is 0 Å². The Kier molecular flexibility index (Phi) is 11.4. The molecule has 0 unspecified atom stereocenters. The predicted molar refractivity (Wildman–Crippen MR) is 146 cm³/mol. The van der Waals surface area contributed by atoms with Crippen LogP contribution in [0, 0.1) is 6.92 Å². The number of benzene rings is 2. The van der Waals surface area contributed by atoms with Gasteiger partial charge in [-0.05, 0) is 62.8 Å². The van der Waals surface area contributed by atoms with Gasteiger partial charge < -0.3 is 10.2 Å². The molecule has 0 aliphatic carbocycles. The Balaban J connectivity index is 2.16. The Bertz CT molecular complexity index is 1090. The molecule has 2 rings (SSSR count). The molecule has 0 aliphatic rings. The highest BCUT2D eigenvalue weighted by atomic mass is 32.2. The zero-order chi connectivity index (χ0) is 26.7. The van der Waals surface area contributed by atoms with Crippen LogP contribution in [0.15, 0.2) is 54.6 Å². The van der Waals surface area contributed by atoms with E-state index in [2.05, 4.69) is 5.32 Å². The van der Waals surface area contributed by atoms with Crippen LogP contribution in [0.4, 0.5) is 5.69 Å². The van der Waals surface area contributed by atoms with Gasteiger partial charge in [0.15, 0.2) is 0 Å². The molecule has 0 fully saturated rings. The molecular weight excluding hydrogens is 474 g/mol. The first kappa shape index (κ1) is 29.4. The molecule has 2 aromatic carbocycles. The summed E-state index contributed by atoms with van der Waals surface area (Å²) in [5, 5.41) is 3.01. The van der Waals surface area contributed by atoms with Crippen LogP contribution in [-0.2, 0) is 26.0 Å². The van der Waals surface area contributed by atoms with Crippen molar-refractivity contribution in [3.05, 3.63) is 65.7 Å². The summed E-state index contributed by atoms with van der Waals surface area (Å²) >= 11 is 0. The number of hydrogen-bond donors (Lipinski definition) is 1. The van der Waals surface area contributed by atoms with Gasteiger partial charge in [0.2, 0.25) is 21.8 Å². The van der Waals surface area contributed by atoms with E-state index in [0.29, 0.717) is 31.5 Å². The van der Waals surface area contributed by atoms with E-state index < -0.39 is 16.1 Å². The molecule has 2 aromatic rings. The fourth-order valence-corrected chi connectivity index (χ4v) is 5.08. The number of nitrogens with one attached hydrogen (secondary N) is 1. The minimum absolute atomic E-state index is 0.0234. The van der Waals surface area contributed by atoms with E-state index in [9.17, 15) is 18.0 Å². The van der Waals surface area contributed by atoms with Crippen LogP contribution < -0.4 is 9.62 Å². The predicted octanol–water partition coefficient (Wildman–Crippen LogP) is 4.31. The second-order valence-corrected chi connectivity index (χ2v) is 11.2. The first-order valence-corrected chi connectivity index (χ1v) is 14.6. The molecule has 0 saturated carbocycles. The number of aryl methyl sites for hydroxylation is 1. The molecule has 0 bridgehead atoms. The summed E-state index contributed by atoms with van der Waals surface area (Å²) in [5.74, 6) is -0.291. The average molecular weight is 516 g/mol. The van der Waals surface area contributed by atoms with E-state index in [0.717, 1.165) is 17.5 Å². The van der Waals surface area contributed by atoms with Gasteiger partial charge in [-0.3, -0.25) is 13.9 Å². The van der Waals surface area contributed by atoms with E-state index in [1.807, 2.05) is 76.2 Å². The highest BCUT2D eigenvalue weighted by molar-refractivity contribution is 7.92. The highest BCUT2D eigenvalue weighted by Gasteiger charge is 2.29. The van der Waals surface area contributed by atoms with Gasteiger partial charge in [-0.2, -0.15) is 0 Å². The summed E-state index contributed by atoms with van der Waals surface area (Å²) in [7, 11) is -3.51. The van der Waals surface area contributed by atoms with Crippen molar-refractivity contribution in [2.75, 3.05) is 23.7 Å². The van der Waals surface area contributed by atoms with Crippen LogP contribution in [-0.4, -0.2) is 56.6 Å². The van der Waals surface area contributed by atoms with E-state index in [1.54, 1.807) is 11.0 Å². The standard InChI is InChI=1S/C28H41N3O4S/c1-6-23(4)29-28(33)26(7-2)30(20-18-24-14-9-8-10-15-24)27(32)17-12-19-31(36(5,34)35)25-16-11-13-22(3)21-25/h8-11,13-16,21,23,26H,6-7,12,17-20H2,1-5H3,(H,29,33)/t23-,26+/m1/s1. The Morgan fingerprint density at radius 2 is 1.67 bits per heavy atom. The van der Waals surface area contributed by atoms with Gasteiger partial charge in [0.25, 0.3) is 0 Å². The molecule has 1 N–H and O–H groups in total. The summed E-state index contributed by atoms with van der Waals surface area (Å²) < 4.78 is 26.3. The van der Waals surface area contributed by atoms with E-state index >= 15 is 0 Å². The Hall–Kier alpha value is -2.87. The Morgan fingerprint density at radius 1 is 0.972 bits per heavy atom. The maximum atomic E-state index is 13.4. The molecule has 0 spiro atoms. The zero-order valence-corrected chi connectivity index (χ0v) is 23.1. The van der Waals surface area contributed by atoms with E-state index in [-0.39, 0.29) is 30.8 Å². The number of carbonyl (C=O) groups excluding carboxylic acids is 2. The van der Waals surface area contributed by atoms with Crippen molar-refractivity contribution < 1.29 is 18.0 Å². The van der Waals surface area contributed by atoms with Crippen LogP contribution in [0.5, 0.6) is 0 Å². The van der Waals surface area contributed by atoms with Gasteiger partial charge in [0.1, 0.15) is 6.04 Å². The first-order chi connectivity index (χ1) is 17.1. The molecule has 36 heavy (non-hydrogen) atoms. The largest absolute Gasteiger partial charge is 0.352 e. The number of amides is 2. The molecule has 2 atom stereocenters. The fraction of sp³-hybridized carbons (Fsp3) is 0.500. The summed E-state index contributed by atoms with van der Waals surface area (Å²) in [6.07, 6.45) is 3.63. The van der Waals surface area contributed by atoms with Crippen molar-refractivity contribution in [2.45, 2.75) is 71.9 Å². The number of hydrogen-bond acceptors (Lipinski definition) is 4. The Morgan fingerprint density at radius 3 is 2.25 bits per heavy atom. The van der Waals surface area contributed by atoms with Crippen LogP contribution >= 0.6 is 0 Å². The minimum Gasteiger partial charge on any atom is -0.352 e. The monoisotopic (exact) mass is 515 g/mol. The number of nitrogens with zero attached hydrogens (tertiary/aromatic N) is 2. The lowest BCUT2D eigenvalue weighted by molar-refractivity contribution is -0.141. The molecule has 198 valence electrons. The number of carbonyl (C=O) groups is 2. The molecule has 7 nitrogen and oxygen atoms in total. The third kappa shape index (κ3) is 8.97. The summed E-state index contributed by atoms with van der Waals surface area (Å²) in [5.41, 5.74) is 2.64. The molecule has 0 heterocycles. The molecular formula is C28H41N3O4S. The second-order valence-electron chi connectivity index (χ2n) is 9.34. The summed E-state index contributed by atoms with van der Waals surface area (Å²) in [4.78, 5) is 28.1. The maximum absolute atomic E-state index is 13.4.